The number of hydrogen-bond donors (Lipinski definition) is 0. The highest BCUT2D eigenvalue weighted by atomic mass is 127. The van der Waals surface area contributed by atoms with Gasteiger partial charge < -0.3 is 0 Å². The molecule has 0 atom stereocenters. The monoisotopic (exact) mass is 427 g/mol. The molecule has 0 aliphatic rings. The maximum atomic E-state index is 12.2. The lowest BCUT2D eigenvalue weighted by Crippen LogP contribution is -2.05. The van der Waals surface area contributed by atoms with Crippen molar-refractivity contribution in [3.63, 3.8) is 0 Å². The maximum Gasteiger partial charge on any atom is 0.416 e. The second-order valence-corrected chi connectivity index (χ2v) is 6.83. The van der Waals surface area contributed by atoms with Crippen LogP contribution in [0.15, 0.2) is 24.3 Å². The molecule has 0 aromatic heterocycles. The molecule has 0 fully saturated rings. The molecule has 0 radical (unpaired) electrons. The summed E-state index contributed by atoms with van der Waals surface area (Å²) in [6.07, 6.45) is -4.24. The normalized spacial score (nSPS) is 12.1. The lowest BCUT2D eigenvalue weighted by molar-refractivity contribution is -0.137. The van der Waals surface area contributed by atoms with Crippen molar-refractivity contribution in [3.05, 3.63) is 35.4 Å². The molecule has 0 amide bonds. The smallest absolute Gasteiger partial charge is 0.184 e. The first-order valence-corrected chi connectivity index (χ1v) is 5.58. The van der Waals surface area contributed by atoms with E-state index in [-0.39, 0.29) is 0 Å². The van der Waals surface area contributed by atoms with E-state index >= 15 is 0 Å². The summed E-state index contributed by atoms with van der Waals surface area (Å²) in [4.78, 5) is 0. The zero-order valence-corrected chi connectivity index (χ0v) is 11.2. The SMILES string of the molecule is FC(F)(F)c1ccc(CN(I)I)cc1. The van der Waals surface area contributed by atoms with Crippen LogP contribution in [0.5, 0.6) is 0 Å². The standard InChI is InChI=1S/C8H6F3I2N/c9-8(10,11)7-3-1-6(2-4-7)5-14(12)13/h1-4H,5H2. The number of halogens is 5. The van der Waals surface area contributed by atoms with Gasteiger partial charge >= 0.3 is 6.18 Å². The van der Waals surface area contributed by atoms with Crippen LogP contribution in [0.1, 0.15) is 11.1 Å². The van der Waals surface area contributed by atoms with E-state index in [1.54, 1.807) is 0 Å². The van der Waals surface area contributed by atoms with Crippen molar-refractivity contribution in [1.82, 2.24) is 1.33 Å². The first-order valence-electron chi connectivity index (χ1n) is 3.65. The molecule has 1 rings (SSSR count). The number of hydrogen-bond acceptors (Lipinski definition) is 1. The summed E-state index contributed by atoms with van der Waals surface area (Å²) in [7, 11) is 0. The molecule has 0 spiro atoms. The second kappa shape index (κ2) is 4.97. The Morgan fingerprint density at radius 2 is 1.57 bits per heavy atom. The topological polar surface area (TPSA) is 3.24 Å². The first-order chi connectivity index (χ1) is 6.39. The molecule has 0 bridgehead atoms. The van der Waals surface area contributed by atoms with Gasteiger partial charge in [-0.25, -0.2) is 0 Å². The minimum Gasteiger partial charge on any atom is -0.184 e. The summed E-state index contributed by atoms with van der Waals surface area (Å²) >= 11 is 4.14. The molecule has 1 aromatic carbocycles. The molecular formula is C8H6F3I2N. The van der Waals surface area contributed by atoms with Crippen LogP contribution in [0.4, 0.5) is 13.2 Å². The summed E-state index contributed by atoms with van der Waals surface area (Å²) in [5, 5.41) is 0. The molecule has 6 heteroatoms. The van der Waals surface area contributed by atoms with Gasteiger partial charge in [-0.05, 0) is 17.7 Å². The van der Waals surface area contributed by atoms with Crippen LogP contribution in [0.3, 0.4) is 0 Å². The van der Waals surface area contributed by atoms with Crippen molar-refractivity contribution < 1.29 is 13.2 Å². The molecule has 0 aliphatic heterocycles. The zero-order valence-electron chi connectivity index (χ0n) is 6.85. The van der Waals surface area contributed by atoms with Crippen LogP contribution in [0.25, 0.3) is 0 Å². The fraction of sp³-hybridized carbons (Fsp3) is 0.250. The third-order valence-corrected chi connectivity index (χ3v) is 2.27. The molecule has 0 unspecified atom stereocenters. The fourth-order valence-corrected chi connectivity index (χ4v) is 1.72. The molecule has 0 saturated carbocycles. The molecule has 0 aliphatic carbocycles. The number of alkyl halides is 3. The third-order valence-electron chi connectivity index (χ3n) is 1.58. The molecule has 0 saturated heterocycles. The number of rotatable bonds is 2. The summed E-state index contributed by atoms with van der Waals surface area (Å²) in [5.74, 6) is 0. The highest BCUT2D eigenvalue weighted by Gasteiger charge is 2.29. The Labute approximate surface area is 108 Å². The van der Waals surface area contributed by atoms with E-state index in [1.807, 2.05) is 1.33 Å². The number of nitrogens with zero attached hydrogens (tertiary/aromatic N) is 1. The van der Waals surface area contributed by atoms with E-state index in [0.29, 0.717) is 6.54 Å². The minimum absolute atomic E-state index is 0.602. The van der Waals surface area contributed by atoms with Gasteiger partial charge in [0.2, 0.25) is 0 Å². The van der Waals surface area contributed by atoms with E-state index < -0.39 is 11.7 Å². The summed E-state index contributed by atoms with van der Waals surface area (Å²) in [6, 6.07) is 5.19. The zero-order chi connectivity index (χ0) is 10.8. The molecule has 78 valence electrons. The highest BCUT2D eigenvalue weighted by Crippen LogP contribution is 2.29. The Hall–Kier alpha value is 0.430. The predicted molar refractivity (Wildman–Crippen MR) is 65.0 cm³/mol. The van der Waals surface area contributed by atoms with E-state index in [9.17, 15) is 13.2 Å². The maximum absolute atomic E-state index is 12.2. The van der Waals surface area contributed by atoms with Gasteiger partial charge in [0.05, 0.1) is 5.56 Å². The van der Waals surface area contributed by atoms with Crippen molar-refractivity contribution in [3.8, 4) is 0 Å². The van der Waals surface area contributed by atoms with Crippen molar-refractivity contribution in [2.75, 3.05) is 0 Å². The van der Waals surface area contributed by atoms with Gasteiger partial charge in [-0.3, -0.25) is 0 Å². The van der Waals surface area contributed by atoms with Gasteiger partial charge in [-0.15, -0.1) is 0 Å². The van der Waals surface area contributed by atoms with Crippen molar-refractivity contribution in [2.24, 2.45) is 0 Å². The van der Waals surface area contributed by atoms with Crippen molar-refractivity contribution >= 4 is 45.7 Å². The lowest BCUT2D eigenvalue weighted by atomic mass is 10.1. The van der Waals surface area contributed by atoms with Gasteiger partial charge in [0.15, 0.2) is 0 Å². The molecule has 14 heavy (non-hydrogen) atoms. The van der Waals surface area contributed by atoms with Crippen LogP contribution in [0, 0.1) is 0 Å². The Kier molecular flexibility index (Phi) is 4.44. The van der Waals surface area contributed by atoms with Gasteiger partial charge in [0.1, 0.15) is 0 Å². The van der Waals surface area contributed by atoms with Crippen LogP contribution in [-0.2, 0) is 12.7 Å². The van der Waals surface area contributed by atoms with Crippen molar-refractivity contribution in [2.45, 2.75) is 12.7 Å². The minimum atomic E-state index is -4.24. The quantitative estimate of drug-likeness (QED) is 0.506. The first kappa shape index (κ1) is 12.5. The Morgan fingerprint density at radius 3 is 1.93 bits per heavy atom. The fourth-order valence-electron chi connectivity index (χ4n) is 0.937. The van der Waals surface area contributed by atoms with Crippen LogP contribution >= 0.6 is 45.7 Å². The number of benzene rings is 1. The van der Waals surface area contributed by atoms with E-state index in [0.717, 1.165) is 17.7 Å². The summed E-state index contributed by atoms with van der Waals surface area (Å²) in [6.45, 7) is 0.624. The summed E-state index contributed by atoms with van der Waals surface area (Å²) in [5.41, 5.74) is 0.261. The lowest BCUT2D eigenvalue weighted by Gasteiger charge is -2.08. The van der Waals surface area contributed by atoms with Gasteiger partial charge in [0.25, 0.3) is 0 Å². The van der Waals surface area contributed by atoms with E-state index in [4.69, 9.17) is 0 Å². The second-order valence-electron chi connectivity index (χ2n) is 2.66. The van der Waals surface area contributed by atoms with Gasteiger partial charge in [-0.1, -0.05) is 12.1 Å². The predicted octanol–water partition coefficient (Wildman–Crippen LogP) is 4.21. The average Bonchev–Trinajstić information content (AvgIpc) is 2.02. The summed E-state index contributed by atoms with van der Waals surface area (Å²) < 4.78 is 38.4. The molecule has 0 N–H and O–H groups in total. The molecule has 1 aromatic rings. The third kappa shape index (κ3) is 3.89. The average molecular weight is 427 g/mol. The Morgan fingerprint density at radius 1 is 1.07 bits per heavy atom. The molecule has 0 heterocycles. The van der Waals surface area contributed by atoms with E-state index in [2.05, 4.69) is 45.7 Å². The van der Waals surface area contributed by atoms with Gasteiger partial charge in [0, 0.05) is 52.3 Å². The largest absolute Gasteiger partial charge is 0.416 e. The Bertz CT molecular complexity index is 294. The van der Waals surface area contributed by atoms with Crippen LogP contribution in [-0.4, -0.2) is 1.33 Å². The van der Waals surface area contributed by atoms with Crippen LogP contribution in [0.2, 0.25) is 0 Å². The molecular weight excluding hydrogens is 421 g/mol. The van der Waals surface area contributed by atoms with Crippen LogP contribution < -0.4 is 0 Å². The highest BCUT2D eigenvalue weighted by molar-refractivity contribution is 14.2. The Balaban J connectivity index is 2.79. The van der Waals surface area contributed by atoms with Crippen molar-refractivity contribution in [1.29, 1.82) is 0 Å². The van der Waals surface area contributed by atoms with E-state index in [1.165, 1.54) is 12.1 Å². The molecule has 1 nitrogen and oxygen atoms in total. The van der Waals surface area contributed by atoms with Gasteiger partial charge in [-0.2, -0.15) is 14.5 Å².